The molecule has 1 saturated heterocycles. The van der Waals surface area contributed by atoms with Crippen molar-refractivity contribution in [2.45, 2.75) is 58.8 Å². The van der Waals surface area contributed by atoms with Gasteiger partial charge in [0.1, 0.15) is 5.82 Å². The first kappa shape index (κ1) is 30.1. The second-order valence-corrected chi connectivity index (χ2v) is 14.5. The summed E-state index contributed by atoms with van der Waals surface area (Å²) in [6.07, 6.45) is 6.23. The summed E-state index contributed by atoms with van der Waals surface area (Å²) in [4.78, 5) is 35.1. The average Bonchev–Trinajstić information content (AvgIpc) is 3.87. The Bertz CT molecular complexity index is 1700. The van der Waals surface area contributed by atoms with Crippen LogP contribution in [0.3, 0.4) is 0 Å². The minimum absolute atomic E-state index is 0.149. The number of nitrogens with zero attached hydrogens (tertiary/aromatic N) is 6. The Balaban J connectivity index is 1.23. The number of hydrogen-bond acceptors (Lipinski definition) is 8. The van der Waals surface area contributed by atoms with Crippen molar-refractivity contribution in [2.75, 3.05) is 47.7 Å². The van der Waals surface area contributed by atoms with Gasteiger partial charge >= 0.3 is 6.03 Å². The molecule has 12 nitrogen and oxygen atoms in total. The highest BCUT2D eigenvalue weighted by atomic mass is 32.2. The van der Waals surface area contributed by atoms with Gasteiger partial charge in [0, 0.05) is 43.1 Å². The monoisotopic (exact) mass is 621 g/mol. The lowest BCUT2D eigenvalue weighted by Gasteiger charge is -2.37. The zero-order valence-electron chi connectivity index (χ0n) is 25.8. The van der Waals surface area contributed by atoms with Gasteiger partial charge in [0.25, 0.3) is 10.1 Å². The van der Waals surface area contributed by atoms with Crippen LogP contribution in [0.5, 0.6) is 0 Å². The van der Waals surface area contributed by atoms with Crippen molar-refractivity contribution in [3.05, 3.63) is 59.4 Å². The van der Waals surface area contributed by atoms with Gasteiger partial charge in [-0.25, -0.2) is 14.5 Å². The number of piperazine rings is 1. The molecule has 1 aromatic carbocycles. The quantitative estimate of drug-likeness (QED) is 0.369. The van der Waals surface area contributed by atoms with E-state index in [1.54, 1.807) is 12.1 Å². The van der Waals surface area contributed by atoms with Gasteiger partial charge in [-0.15, -0.1) is 9.35 Å². The number of carbonyl (C=O) groups excluding carboxylic acids is 2. The third kappa shape index (κ3) is 6.16. The lowest BCUT2D eigenvalue weighted by Crippen LogP contribution is -2.50. The molecule has 6 rings (SSSR count). The third-order valence-electron chi connectivity index (χ3n) is 8.87. The predicted molar refractivity (Wildman–Crippen MR) is 167 cm³/mol. The molecule has 3 heterocycles. The van der Waals surface area contributed by atoms with E-state index in [0.717, 1.165) is 59.6 Å². The van der Waals surface area contributed by atoms with Gasteiger partial charge in [-0.3, -0.25) is 4.79 Å². The molecule has 13 heteroatoms. The second kappa shape index (κ2) is 10.9. The van der Waals surface area contributed by atoms with E-state index in [1.807, 2.05) is 49.9 Å². The zero-order valence-corrected chi connectivity index (χ0v) is 26.6. The molecular weight excluding hydrogens is 582 g/mol. The number of amides is 3. The van der Waals surface area contributed by atoms with E-state index < -0.39 is 16.1 Å². The maximum Gasteiger partial charge on any atom is 0.353 e. The lowest BCUT2D eigenvalue weighted by atomic mass is 10.1. The number of aryl methyl sites for hydroxylation is 2. The summed E-state index contributed by atoms with van der Waals surface area (Å²) in [6.45, 7) is 10.6. The molecule has 44 heavy (non-hydrogen) atoms. The molecule has 0 unspecified atom stereocenters. The molecule has 3 aliphatic rings. The highest BCUT2D eigenvalue weighted by molar-refractivity contribution is 7.86. The van der Waals surface area contributed by atoms with Gasteiger partial charge < -0.3 is 15.1 Å². The number of hydroxylamine groups is 1. The van der Waals surface area contributed by atoms with E-state index in [-0.39, 0.29) is 22.6 Å². The number of anilines is 3. The molecule has 3 amide bonds. The Hall–Kier alpha value is -3.97. The molecular formula is C31H39N7O5S. The number of pyridine rings is 1. The molecule has 0 bridgehead atoms. The van der Waals surface area contributed by atoms with E-state index in [2.05, 4.69) is 22.1 Å². The minimum atomic E-state index is -4.10. The first-order valence-electron chi connectivity index (χ1n) is 14.9. The van der Waals surface area contributed by atoms with Gasteiger partial charge in [-0.2, -0.15) is 13.5 Å². The van der Waals surface area contributed by atoms with Crippen molar-refractivity contribution < 1.29 is 22.3 Å². The molecule has 0 spiro atoms. The standard InChI is InChI=1S/C31H39N7O5S/c1-21-6-8-24(9-7-21)37-26(19-25(34-37)30(3)10-11-30)38(43-44(5,41)42)29(40)33-23-18-22(2)27(32-20-23)35-14-16-36(17-15-35)28(39)31(4)12-13-31/h6-9,18-20H,10-17H2,1-5H3,(H,33,40). The molecule has 2 aromatic heterocycles. The molecule has 3 aromatic rings. The Morgan fingerprint density at radius 2 is 1.64 bits per heavy atom. The first-order valence-corrected chi connectivity index (χ1v) is 16.8. The smallest absolute Gasteiger partial charge is 0.353 e. The van der Waals surface area contributed by atoms with Crippen molar-refractivity contribution in [2.24, 2.45) is 5.41 Å². The summed E-state index contributed by atoms with van der Waals surface area (Å²) in [5.74, 6) is 1.17. The number of urea groups is 1. The first-order chi connectivity index (χ1) is 20.7. The van der Waals surface area contributed by atoms with Crippen LogP contribution in [0.4, 0.5) is 22.1 Å². The van der Waals surface area contributed by atoms with Gasteiger partial charge in [-0.1, -0.05) is 31.5 Å². The fraction of sp³-hybridized carbons (Fsp3) is 0.484. The van der Waals surface area contributed by atoms with Gasteiger partial charge in [0.05, 0.1) is 29.5 Å². The summed E-state index contributed by atoms with van der Waals surface area (Å²) in [6, 6.07) is 10.2. The van der Waals surface area contributed by atoms with Crippen molar-refractivity contribution in [3.63, 3.8) is 0 Å². The number of carbonyl (C=O) groups is 2. The van der Waals surface area contributed by atoms with E-state index in [1.165, 1.54) is 10.9 Å². The van der Waals surface area contributed by atoms with Crippen LogP contribution in [0, 0.1) is 19.3 Å². The zero-order chi connectivity index (χ0) is 31.4. The lowest BCUT2D eigenvalue weighted by molar-refractivity contribution is -0.136. The van der Waals surface area contributed by atoms with E-state index in [9.17, 15) is 18.0 Å². The third-order valence-corrected chi connectivity index (χ3v) is 9.29. The SMILES string of the molecule is Cc1ccc(-n2nc(C3(C)CC3)cc2N(OS(C)(=O)=O)C(=O)Nc2cnc(N3CCN(C(=O)C4(C)CC4)CC3)c(C)c2)cc1. The van der Waals surface area contributed by atoms with Crippen LogP contribution in [0.1, 0.15) is 56.4 Å². The van der Waals surface area contributed by atoms with Crippen molar-refractivity contribution >= 4 is 39.4 Å². The highest BCUT2D eigenvalue weighted by Crippen LogP contribution is 2.48. The van der Waals surface area contributed by atoms with Gasteiger partial charge in [0.2, 0.25) is 5.91 Å². The molecule has 2 saturated carbocycles. The Labute approximate surface area is 258 Å². The maximum absolute atomic E-state index is 13.7. The predicted octanol–water partition coefficient (Wildman–Crippen LogP) is 4.31. The fourth-order valence-corrected chi connectivity index (χ4v) is 5.90. The molecule has 0 radical (unpaired) electrons. The van der Waals surface area contributed by atoms with E-state index >= 15 is 0 Å². The molecule has 0 atom stereocenters. The number of hydrogen-bond donors (Lipinski definition) is 1. The highest BCUT2D eigenvalue weighted by Gasteiger charge is 2.47. The molecule has 1 N–H and O–H groups in total. The summed E-state index contributed by atoms with van der Waals surface area (Å²) in [5.41, 5.74) is 3.34. The normalized spacial score (nSPS) is 18.6. The maximum atomic E-state index is 13.7. The van der Waals surface area contributed by atoms with Crippen molar-refractivity contribution in [3.8, 4) is 5.69 Å². The van der Waals surface area contributed by atoms with Crippen LogP contribution in [0.25, 0.3) is 5.69 Å². The van der Waals surface area contributed by atoms with Crippen LogP contribution in [0.15, 0.2) is 42.6 Å². The van der Waals surface area contributed by atoms with E-state index in [4.69, 9.17) is 9.38 Å². The number of aromatic nitrogens is 3. The molecule has 2 aliphatic carbocycles. The molecule has 3 fully saturated rings. The topological polar surface area (TPSA) is 130 Å². The van der Waals surface area contributed by atoms with Crippen LogP contribution >= 0.6 is 0 Å². The van der Waals surface area contributed by atoms with E-state index in [0.29, 0.717) is 37.6 Å². The van der Waals surface area contributed by atoms with Gasteiger partial charge in [-0.05, 0) is 63.3 Å². The van der Waals surface area contributed by atoms with Crippen LogP contribution in [0.2, 0.25) is 0 Å². The van der Waals surface area contributed by atoms with Crippen molar-refractivity contribution in [1.29, 1.82) is 0 Å². The van der Waals surface area contributed by atoms with Crippen molar-refractivity contribution in [1.82, 2.24) is 19.7 Å². The Kier molecular flexibility index (Phi) is 7.44. The Morgan fingerprint density at radius 1 is 0.977 bits per heavy atom. The second-order valence-electron chi connectivity index (χ2n) is 12.9. The number of nitrogens with one attached hydrogen (secondary N) is 1. The molecule has 1 aliphatic heterocycles. The average molecular weight is 622 g/mol. The molecule has 234 valence electrons. The number of benzene rings is 1. The Morgan fingerprint density at radius 3 is 2.20 bits per heavy atom. The van der Waals surface area contributed by atoms with Crippen LogP contribution in [-0.2, 0) is 24.6 Å². The minimum Gasteiger partial charge on any atom is -0.353 e. The summed E-state index contributed by atoms with van der Waals surface area (Å²) in [7, 11) is -4.10. The largest absolute Gasteiger partial charge is 0.353 e. The number of rotatable bonds is 8. The van der Waals surface area contributed by atoms with Crippen LogP contribution in [-0.4, -0.2) is 72.5 Å². The summed E-state index contributed by atoms with van der Waals surface area (Å²) < 4.78 is 31.5. The summed E-state index contributed by atoms with van der Waals surface area (Å²) >= 11 is 0. The summed E-state index contributed by atoms with van der Waals surface area (Å²) in [5, 5.41) is 8.26. The van der Waals surface area contributed by atoms with Crippen LogP contribution < -0.4 is 15.3 Å². The fourth-order valence-electron chi connectivity index (χ4n) is 5.49. The van der Waals surface area contributed by atoms with Gasteiger partial charge in [0.15, 0.2) is 5.82 Å².